The first-order chi connectivity index (χ1) is 7.18. The highest BCUT2D eigenvalue weighted by Gasteiger charge is 2.27. The summed E-state index contributed by atoms with van der Waals surface area (Å²) >= 11 is 7.08. The highest BCUT2D eigenvalue weighted by molar-refractivity contribution is 8.00. The van der Waals surface area contributed by atoms with E-state index in [4.69, 9.17) is 11.6 Å². The molecular formula is C10H8ClNO2S. The summed E-state index contributed by atoms with van der Waals surface area (Å²) in [5.74, 6) is 0.375. The molecule has 2 amide bonds. The van der Waals surface area contributed by atoms with Crippen LogP contribution in [-0.2, 0) is 9.59 Å². The van der Waals surface area contributed by atoms with E-state index in [-0.39, 0.29) is 11.8 Å². The molecule has 1 saturated heterocycles. The van der Waals surface area contributed by atoms with Crippen molar-refractivity contribution in [2.75, 3.05) is 16.4 Å². The van der Waals surface area contributed by atoms with Crippen molar-refractivity contribution in [3.8, 4) is 0 Å². The van der Waals surface area contributed by atoms with Crippen LogP contribution < -0.4 is 4.90 Å². The van der Waals surface area contributed by atoms with Gasteiger partial charge in [-0.3, -0.25) is 9.59 Å². The van der Waals surface area contributed by atoms with Crippen LogP contribution in [0.4, 0.5) is 5.69 Å². The summed E-state index contributed by atoms with van der Waals surface area (Å²) in [4.78, 5) is 24.3. The van der Waals surface area contributed by atoms with E-state index in [9.17, 15) is 9.59 Å². The van der Waals surface area contributed by atoms with Gasteiger partial charge in [0.25, 0.3) is 0 Å². The van der Waals surface area contributed by atoms with E-state index >= 15 is 0 Å². The van der Waals surface area contributed by atoms with Crippen molar-refractivity contribution in [3.05, 3.63) is 29.3 Å². The minimum absolute atomic E-state index is 0.168. The average molecular weight is 242 g/mol. The van der Waals surface area contributed by atoms with Crippen LogP contribution in [0.25, 0.3) is 0 Å². The third-order valence-electron chi connectivity index (χ3n) is 2.03. The predicted molar refractivity (Wildman–Crippen MR) is 61.3 cm³/mol. The monoisotopic (exact) mass is 241 g/mol. The van der Waals surface area contributed by atoms with Crippen LogP contribution in [0, 0.1) is 0 Å². The van der Waals surface area contributed by atoms with Crippen LogP contribution >= 0.6 is 23.4 Å². The summed E-state index contributed by atoms with van der Waals surface area (Å²) in [6.07, 6.45) is 0. The quantitative estimate of drug-likeness (QED) is 0.706. The second kappa shape index (κ2) is 4.24. The summed E-state index contributed by atoms with van der Waals surface area (Å²) in [5, 5.41) is 0.588. The van der Waals surface area contributed by atoms with Gasteiger partial charge in [0, 0.05) is 5.02 Å². The van der Waals surface area contributed by atoms with Gasteiger partial charge in [-0.1, -0.05) is 11.6 Å². The molecule has 1 aliphatic heterocycles. The van der Waals surface area contributed by atoms with Crippen LogP contribution in [-0.4, -0.2) is 23.3 Å². The van der Waals surface area contributed by atoms with E-state index in [1.807, 2.05) is 0 Å². The van der Waals surface area contributed by atoms with Crippen LogP contribution in [0.1, 0.15) is 0 Å². The number of carbonyl (C=O) groups is 2. The molecule has 1 fully saturated rings. The topological polar surface area (TPSA) is 37.4 Å². The van der Waals surface area contributed by atoms with Gasteiger partial charge in [0.05, 0.1) is 17.2 Å². The molecule has 0 bridgehead atoms. The van der Waals surface area contributed by atoms with Gasteiger partial charge in [-0.15, -0.1) is 11.8 Å². The first-order valence-electron chi connectivity index (χ1n) is 4.37. The third kappa shape index (κ3) is 2.16. The van der Waals surface area contributed by atoms with Crippen molar-refractivity contribution in [2.24, 2.45) is 0 Å². The molecule has 15 heavy (non-hydrogen) atoms. The molecule has 0 saturated carbocycles. The van der Waals surface area contributed by atoms with Crippen LogP contribution in [0.2, 0.25) is 5.02 Å². The summed E-state index contributed by atoms with van der Waals surface area (Å²) in [6.45, 7) is 0. The molecule has 0 radical (unpaired) electrons. The highest BCUT2D eigenvalue weighted by Crippen LogP contribution is 2.22. The Morgan fingerprint density at radius 3 is 2.13 bits per heavy atom. The lowest BCUT2D eigenvalue weighted by Gasteiger charge is -2.24. The van der Waals surface area contributed by atoms with Crippen LogP contribution in [0.15, 0.2) is 24.3 Å². The SMILES string of the molecule is O=C1CSCC(=O)N1c1ccc(Cl)cc1. The number of carbonyl (C=O) groups excluding carboxylic acids is 2. The molecule has 0 unspecified atom stereocenters. The van der Waals surface area contributed by atoms with E-state index in [0.29, 0.717) is 22.2 Å². The highest BCUT2D eigenvalue weighted by atomic mass is 35.5. The molecule has 0 aliphatic carbocycles. The number of benzene rings is 1. The second-order valence-electron chi connectivity index (χ2n) is 3.09. The van der Waals surface area contributed by atoms with Crippen molar-refractivity contribution in [2.45, 2.75) is 0 Å². The fraction of sp³-hybridized carbons (Fsp3) is 0.200. The van der Waals surface area contributed by atoms with Crippen molar-refractivity contribution in [1.29, 1.82) is 0 Å². The maximum absolute atomic E-state index is 11.5. The van der Waals surface area contributed by atoms with Crippen molar-refractivity contribution in [1.82, 2.24) is 0 Å². The minimum Gasteiger partial charge on any atom is -0.273 e. The predicted octanol–water partition coefficient (Wildman–Crippen LogP) is 1.95. The molecule has 1 aromatic carbocycles. The lowest BCUT2D eigenvalue weighted by molar-refractivity contribution is -0.124. The minimum atomic E-state index is -0.168. The van der Waals surface area contributed by atoms with E-state index in [1.165, 1.54) is 16.7 Å². The Balaban J connectivity index is 2.31. The lowest BCUT2D eigenvalue weighted by atomic mass is 10.3. The summed E-state index contributed by atoms with van der Waals surface area (Å²) in [7, 11) is 0. The molecule has 78 valence electrons. The summed E-state index contributed by atoms with van der Waals surface area (Å²) in [5.41, 5.74) is 0.592. The van der Waals surface area contributed by atoms with Gasteiger partial charge < -0.3 is 0 Å². The van der Waals surface area contributed by atoms with Crippen LogP contribution in [0.3, 0.4) is 0 Å². The van der Waals surface area contributed by atoms with E-state index in [0.717, 1.165) is 0 Å². The molecule has 0 atom stereocenters. The van der Waals surface area contributed by atoms with Gasteiger partial charge in [-0.25, -0.2) is 4.90 Å². The van der Waals surface area contributed by atoms with Gasteiger partial charge in [0.15, 0.2) is 0 Å². The zero-order valence-electron chi connectivity index (χ0n) is 7.77. The molecule has 0 spiro atoms. The smallest absolute Gasteiger partial charge is 0.243 e. The van der Waals surface area contributed by atoms with Gasteiger partial charge in [0.2, 0.25) is 11.8 Å². The first kappa shape index (κ1) is 10.5. The number of imide groups is 1. The Morgan fingerprint density at radius 1 is 1.07 bits per heavy atom. The zero-order chi connectivity index (χ0) is 10.8. The zero-order valence-corrected chi connectivity index (χ0v) is 9.35. The number of rotatable bonds is 1. The molecule has 0 N–H and O–H groups in total. The van der Waals surface area contributed by atoms with Gasteiger partial charge >= 0.3 is 0 Å². The molecule has 5 heteroatoms. The van der Waals surface area contributed by atoms with E-state index < -0.39 is 0 Å². The third-order valence-corrected chi connectivity index (χ3v) is 3.19. The molecule has 1 aliphatic rings. The number of hydrogen-bond acceptors (Lipinski definition) is 3. The van der Waals surface area contributed by atoms with E-state index in [1.54, 1.807) is 24.3 Å². The summed E-state index contributed by atoms with van der Waals surface area (Å²) in [6, 6.07) is 6.68. The summed E-state index contributed by atoms with van der Waals surface area (Å²) < 4.78 is 0. The maximum atomic E-state index is 11.5. The number of hydrogen-bond donors (Lipinski definition) is 0. The number of anilines is 1. The number of nitrogens with zero attached hydrogens (tertiary/aromatic N) is 1. The molecule has 1 aromatic rings. The maximum Gasteiger partial charge on any atom is 0.243 e. The molecule has 2 rings (SSSR count). The average Bonchev–Trinajstić information content (AvgIpc) is 2.20. The number of amides is 2. The molecule has 3 nitrogen and oxygen atoms in total. The lowest BCUT2D eigenvalue weighted by Crippen LogP contribution is -2.43. The van der Waals surface area contributed by atoms with Crippen molar-refractivity contribution in [3.63, 3.8) is 0 Å². The van der Waals surface area contributed by atoms with Crippen molar-refractivity contribution < 1.29 is 9.59 Å². The van der Waals surface area contributed by atoms with Gasteiger partial charge in [0.1, 0.15) is 0 Å². The molecular weight excluding hydrogens is 234 g/mol. The standard InChI is InChI=1S/C10H8ClNO2S/c11-7-1-3-8(4-2-7)12-9(13)5-15-6-10(12)14/h1-4H,5-6H2. The largest absolute Gasteiger partial charge is 0.273 e. The Hall–Kier alpha value is -1.00. The van der Waals surface area contributed by atoms with Crippen molar-refractivity contribution >= 4 is 40.9 Å². The van der Waals surface area contributed by atoms with E-state index in [2.05, 4.69) is 0 Å². The Morgan fingerprint density at radius 2 is 1.60 bits per heavy atom. The fourth-order valence-electron chi connectivity index (χ4n) is 1.37. The van der Waals surface area contributed by atoms with Crippen LogP contribution in [0.5, 0.6) is 0 Å². The number of thioether (sulfide) groups is 1. The fourth-order valence-corrected chi connectivity index (χ4v) is 2.21. The van der Waals surface area contributed by atoms with Gasteiger partial charge in [-0.05, 0) is 24.3 Å². The number of halogens is 1. The first-order valence-corrected chi connectivity index (χ1v) is 5.91. The van der Waals surface area contributed by atoms with Gasteiger partial charge in [-0.2, -0.15) is 0 Å². The Bertz CT molecular complexity index is 388. The molecule has 0 aromatic heterocycles. The normalized spacial score (nSPS) is 17.0. The Labute approximate surface area is 96.4 Å². The Kier molecular flexibility index (Phi) is 2.98. The second-order valence-corrected chi connectivity index (χ2v) is 4.51. The molecule has 1 heterocycles.